The molecule has 0 fully saturated rings. The third kappa shape index (κ3) is 4.98. The maximum Gasteiger partial charge on any atom is 0.312 e. The molecule has 0 bridgehead atoms. The first kappa shape index (κ1) is 27.2. The van der Waals surface area contributed by atoms with E-state index in [0.29, 0.717) is 10.6 Å². The van der Waals surface area contributed by atoms with Crippen molar-refractivity contribution in [3.63, 3.8) is 0 Å². The largest absolute Gasteiger partial charge is 0.481 e. The predicted octanol–water partition coefficient (Wildman–Crippen LogP) is 7.09. The number of hydrazone groups is 1. The first-order chi connectivity index (χ1) is 17.9. The summed E-state index contributed by atoms with van der Waals surface area (Å²) in [6.07, 6.45) is 1.12. The van der Waals surface area contributed by atoms with Gasteiger partial charge in [-0.25, -0.2) is 22.0 Å². The Morgan fingerprint density at radius 1 is 1.05 bits per heavy atom. The molecule has 0 spiro atoms. The van der Waals surface area contributed by atoms with Crippen LogP contribution in [0.2, 0.25) is 5.02 Å². The second-order valence-electron chi connectivity index (χ2n) is 7.80. The normalized spacial score (nSPS) is 14.3. The van der Waals surface area contributed by atoms with Gasteiger partial charge in [-0.3, -0.25) is 14.9 Å². The molecule has 3 aromatic carbocycles. The molecule has 38 heavy (non-hydrogen) atoms. The van der Waals surface area contributed by atoms with Gasteiger partial charge in [-0.05, 0) is 58.3 Å². The number of hydrogen-bond donors (Lipinski definition) is 0. The van der Waals surface area contributed by atoms with E-state index in [1.807, 2.05) is 0 Å². The Balaban J connectivity index is 1.69. The Hall–Kier alpha value is -3.84. The van der Waals surface area contributed by atoms with Crippen molar-refractivity contribution >= 4 is 56.6 Å². The number of nitro groups is 1. The fourth-order valence-corrected chi connectivity index (χ4v) is 4.19. The van der Waals surface area contributed by atoms with Crippen LogP contribution in [-0.4, -0.2) is 16.5 Å². The zero-order chi connectivity index (χ0) is 27.9. The minimum atomic E-state index is -2.39. The van der Waals surface area contributed by atoms with E-state index in [4.69, 9.17) is 16.3 Å². The number of anilines is 1. The maximum atomic E-state index is 14.3. The lowest BCUT2D eigenvalue weighted by atomic mass is 10.1. The van der Waals surface area contributed by atoms with Crippen molar-refractivity contribution < 1.29 is 36.4 Å². The van der Waals surface area contributed by atoms with Crippen LogP contribution in [0.4, 0.5) is 33.3 Å². The highest BCUT2D eigenvalue weighted by molar-refractivity contribution is 9.10. The van der Waals surface area contributed by atoms with Crippen molar-refractivity contribution in [3.05, 3.63) is 102 Å². The number of nitro benzene ring substituents is 1. The SMILES string of the molecule is CC1=NN(c2c(F)c(F)c(F)c(F)c2F)C(=O)/C1=C\c1cc(Br)c(OCc2ccc(Cl)cc2)c([N+](=O)[O-])c1. The molecule has 1 amide bonds. The van der Waals surface area contributed by atoms with Crippen LogP contribution in [0, 0.1) is 39.2 Å². The minimum Gasteiger partial charge on any atom is -0.481 e. The van der Waals surface area contributed by atoms with E-state index in [1.54, 1.807) is 24.3 Å². The van der Waals surface area contributed by atoms with Crippen LogP contribution in [0.25, 0.3) is 6.08 Å². The van der Waals surface area contributed by atoms with Crippen LogP contribution < -0.4 is 9.75 Å². The number of rotatable bonds is 6. The summed E-state index contributed by atoms with van der Waals surface area (Å²) in [5.74, 6) is -12.7. The third-order valence-corrected chi connectivity index (χ3v) is 6.15. The number of carbonyl (C=O) groups excluding carboxylic acids is 1. The van der Waals surface area contributed by atoms with Gasteiger partial charge in [0.1, 0.15) is 12.3 Å². The summed E-state index contributed by atoms with van der Waals surface area (Å²) in [4.78, 5) is 23.9. The minimum absolute atomic E-state index is 0.0296. The van der Waals surface area contributed by atoms with E-state index in [-0.39, 0.29) is 38.7 Å². The van der Waals surface area contributed by atoms with E-state index >= 15 is 0 Å². The molecular weight excluding hydrogens is 605 g/mol. The summed E-state index contributed by atoms with van der Waals surface area (Å²) in [5, 5.41) is 15.9. The van der Waals surface area contributed by atoms with Crippen LogP contribution in [-0.2, 0) is 11.4 Å². The van der Waals surface area contributed by atoms with Gasteiger partial charge in [0, 0.05) is 11.1 Å². The maximum absolute atomic E-state index is 14.3. The van der Waals surface area contributed by atoms with Crippen molar-refractivity contribution in [1.29, 1.82) is 0 Å². The molecule has 196 valence electrons. The van der Waals surface area contributed by atoms with Crippen molar-refractivity contribution in [2.24, 2.45) is 5.10 Å². The van der Waals surface area contributed by atoms with E-state index in [1.165, 1.54) is 13.0 Å². The molecule has 0 aliphatic carbocycles. The fraction of sp³-hybridized carbons (Fsp3) is 0.0833. The topological polar surface area (TPSA) is 85.0 Å². The summed E-state index contributed by atoms with van der Waals surface area (Å²) in [7, 11) is 0. The highest BCUT2D eigenvalue weighted by atomic mass is 79.9. The van der Waals surface area contributed by atoms with E-state index in [0.717, 1.165) is 12.1 Å². The standard InChI is InChI=1S/C24H12BrClF5N3O4/c1-10-14(24(35)33(32-10)22-20(30)18(28)17(27)19(29)21(22)31)6-12-7-15(25)23(16(8-12)34(36)37)38-9-11-2-4-13(26)5-3-11/h2-8H,9H2,1H3/b14-6-. The molecule has 0 saturated heterocycles. The van der Waals surface area contributed by atoms with Crippen LogP contribution >= 0.6 is 27.5 Å². The molecule has 7 nitrogen and oxygen atoms in total. The first-order valence-corrected chi connectivity index (χ1v) is 11.6. The number of benzene rings is 3. The monoisotopic (exact) mass is 615 g/mol. The number of amides is 1. The third-order valence-electron chi connectivity index (χ3n) is 5.31. The van der Waals surface area contributed by atoms with Crippen LogP contribution in [0.15, 0.2) is 51.5 Å². The Kier molecular flexibility index (Phi) is 7.51. The Bertz CT molecular complexity index is 1530. The number of nitrogens with zero attached hydrogens (tertiary/aromatic N) is 3. The molecule has 3 aromatic rings. The van der Waals surface area contributed by atoms with Gasteiger partial charge >= 0.3 is 5.69 Å². The lowest BCUT2D eigenvalue weighted by Crippen LogP contribution is -2.25. The molecule has 1 aliphatic heterocycles. The molecule has 0 saturated carbocycles. The molecule has 14 heteroatoms. The van der Waals surface area contributed by atoms with Gasteiger partial charge in [-0.15, -0.1) is 0 Å². The lowest BCUT2D eigenvalue weighted by molar-refractivity contribution is -0.386. The molecule has 0 unspecified atom stereocenters. The average Bonchev–Trinajstić information content (AvgIpc) is 3.14. The zero-order valence-corrected chi connectivity index (χ0v) is 21.2. The summed E-state index contributed by atoms with van der Waals surface area (Å²) in [6, 6.07) is 9.04. The highest BCUT2D eigenvalue weighted by Gasteiger charge is 2.37. The van der Waals surface area contributed by atoms with E-state index in [2.05, 4.69) is 21.0 Å². The molecule has 0 aromatic heterocycles. The molecule has 0 radical (unpaired) electrons. The van der Waals surface area contributed by atoms with Gasteiger partial charge in [-0.2, -0.15) is 10.1 Å². The van der Waals surface area contributed by atoms with Crippen LogP contribution in [0.1, 0.15) is 18.1 Å². The van der Waals surface area contributed by atoms with Crippen molar-refractivity contribution in [2.75, 3.05) is 5.01 Å². The molecule has 0 atom stereocenters. The smallest absolute Gasteiger partial charge is 0.312 e. The van der Waals surface area contributed by atoms with Crippen molar-refractivity contribution in [2.45, 2.75) is 13.5 Å². The Morgan fingerprint density at radius 2 is 1.63 bits per heavy atom. The predicted molar refractivity (Wildman–Crippen MR) is 131 cm³/mol. The number of hydrogen-bond acceptors (Lipinski definition) is 5. The Labute approximate surface area is 224 Å². The molecule has 1 aliphatic rings. The van der Waals surface area contributed by atoms with Gasteiger partial charge in [0.15, 0.2) is 23.3 Å². The second-order valence-corrected chi connectivity index (χ2v) is 9.09. The van der Waals surface area contributed by atoms with Gasteiger partial charge in [0.2, 0.25) is 11.6 Å². The number of ether oxygens (including phenoxy) is 1. The van der Waals surface area contributed by atoms with E-state index < -0.39 is 51.3 Å². The zero-order valence-electron chi connectivity index (χ0n) is 18.9. The molecule has 4 rings (SSSR count). The summed E-state index contributed by atoms with van der Waals surface area (Å²) in [6.45, 7) is 1.22. The Morgan fingerprint density at radius 3 is 2.21 bits per heavy atom. The summed E-state index contributed by atoms with van der Waals surface area (Å²) >= 11 is 9.04. The number of halogens is 7. The summed E-state index contributed by atoms with van der Waals surface area (Å²) in [5.41, 5.74) is -1.70. The quantitative estimate of drug-likeness (QED) is 0.0739. The van der Waals surface area contributed by atoms with Gasteiger partial charge in [-0.1, -0.05) is 23.7 Å². The summed E-state index contributed by atoms with van der Waals surface area (Å²) < 4.78 is 75.0. The van der Waals surface area contributed by atoms with Gasteiger partial charge in [0.25, 0.3) is 5.91 Å². The van der Waals surface area contributed by atoms with E-state index in [9.17, 15) is 36.9 Å². The van der Waals surface area contributed by atoms with Crippen molar-refractivity contribution in [3.8, 4) is 5.75 Å². The highest BCUT2D eigenvalue weighted by Crippen LogP contribution is 2.39. The van der Waals surface area contributed by atoms with Crippen LogP contribution in [0.5, 0.6) is 5.75 Å². The lowest BCUT2D eigenvalue weighted by Gasteiger charge is -2.15. The van der Waals surface area contributed by atoms with Gasteiger partial charge < -0.3 is 4.74 Å². The molecule has 1 heterocycles. The first-order valence-electron chi connectivity index (χ1n) is 10.4. The van der Waals surface area contributed by atoms with Gasteiger partial charge in [0.05, 0.1) is 20.7 Å². The van der Waals surface area contributed by atoms with Crippen molar-refractivity contribution in [1.82, 2.24) is 0 Å². The van der Waals surface area contributed by atoms with Crippen LogP contribution in [0.3, 0.4) is 0 Å². The average molecular weight is 617 g/mol. The second kappa shape index (κ2) is 10.5. The molecular formula is C24H12BrClF5N3O4. The number of carbonyl (C=O) groups is 1. The molecule has 0 N–H and O–H groups in total. The fourth-order valence-electron chi connectivity index (χ4n) is 3.48.